The van der Waals surface area contributed by atoms with Gasteiger partial charge in [-0.25, -0.2) is 0 Å². The summed E-state index contributed by atoms with van der Waals surface area (Å²) >= 11 is 6.37. The van der Waals surface area contributed by atoms with E-state index >= 15 is 0 Å². The van der Waals surface area contributed by atoms with Crippen LogP contribution in [0.4, 0.5) is 0 Å². The fourth-order valence-corrected chi connectivity index (χ4v) is 3.65. The lowest BCUT2D eigenvalue weighted by Gasteiger charge is -2.34. The molecule has 7 nitrogen and oxygen atoms in total. The van der Waals surface area contributed by atoms with Crippen molar-refractivity contribution in [1.29, 1.82) is 0 Å². The van der Waals surface area contributed by atoms with Crippen LogP contribution in [0.25, 0.3) is 0 Å². The van der Waals surface area contributed by atoms with Crippen molar-refractivity contribution in [2.45, 2.75) is 38.8 Å². The maximum atomic E-state index is 6.37. The van der Waals surface area contributed by atoms with E-state index in [0.29, 0.717) is 35.8 Å². The zero-order chi connectivity index (χ0) is 21.1. The number of piperidine rings is 1. The van der Waals surface area contributed by atoms with E-state index in [1.807, 2.05) is 19.1 Å². The topological polar surface area (TPSA) is 64.6 Å². The quantitative estimate of drug-likeness (QED) is 0.351. The van der Waals surface area contributed by atoms with E-state index in [0.717, 1.165) is 57.1 Å². The van der Waals surface area contributed by atoms with Gasteiger partial charge in [-0.1, -0.05) is 11.6 Å². The number of guanidine groups is 1. The fourth-order valence-electron chi connectivity index (χ4n) is 3.36. The largest absolute Gasteiger partial charge is 0.493 e. The molecule has 1 aliphatic rings. The maximum Gasteiger partial charge on any atom is 0.193 e. The van der Waals surface area contributed by atoms with Gasteiger partial charge in [0.1, 0.15) is 0 Å². The van der Waals surface area contributed by atoms with Crippen molar-refractivity contribution >= 4 is 17.6 Å². The van der Waals surface area contributed by atoms with Gasteiger partial charge in [-0.15, -0.1) is 0 Å². The van der Waals surface area contributed by atoms with Crippen LogP contribution in [0.1, 0.15) is 31.7 Å². The Hall–Kier alpha value is -1.70. The molecule has 0 bridgehead atoms. The third-order valence-electron chi connectivity index (χ3n) is 4.83. The number of hydrogen-bond donors (Lipinski definition) is 1. The van der Waals surface area contributed by atoms with Gasteiger partial charge in [-0.05, 0) is 43.9 Å². The van der Waals surface area contributed by atoms with Crippen molar-refractivity contribution in [2.75, 3.05) is 54.2 Å². The van der Waals surface area contributed by atoms with Crippen molar-refractivity contribution in [3.05, 3.63) is 22.7 Å². The van der Waals surface area contributed by atoms with E-state index in [1.165, 1.54) is 0 Å². The second-order valence-electron chi connectivity index (χ2n) is 6.85. The molecule has 0 aliphatic carbocycles. The Morgan fingerprint density at radius 3 is 2.62 bits per heavy atom. The first-order chi connectivity index (χ1) is 14.1. The second-order valence-corrected chi connectivity index (χ2v) is 7.25. The number of likely N-dealkylation sites (tertiary alicyclic amines) is 1. The molecular formula is C21H34ClN3O4. The van der Waals surface area contributed by atoms with Crippen molar-refractivity contribution in [1.82, 2.24) is 10.2 Å². The number of nitrogens with zero attached hydrogens (tertiary/aromatic N) is 2. The highest BCUT2D eigenvalue weighted by molar-refractivity contribution is 6.32. The number of ether oxygens (including phenoxy) is 4. The molecule has 8 heteroatoms. The Kier molecular flexibility index (Phi) is 10.4. The lowest BCUT2D eigenvalue weighted by molar-refractivity contribution is 0.00989. The van der Waals surface area contributed by atoms with Crippen LogP contribution >= 0.6 is 11.6 Å². The zero-order valence-corrected chi connectivity index (χ0v) is 18.8. The van der Waals surface area contributed by atoms with E-state index < -0.39 is 0 Å². The smallest absolute Gasteiger partial charge is 0.193 e. The van der Waals surface area contributed by atoms with E-state index in [-0.39, 0.29) is 0 Å². The molecule has 1 heterocycles. The van der Waals surface area contributed by atoms with Crippen molar-refractivity contribution < 1.29 is 18.9 Å². The summed E-state index contributed by atoms with van der Waals surface area (Å²) in [6.07, 6.45) is 3.25. The monoisotopic (exact) mass is 427 g/mol. The van der Waals surface area contributed by atoms with Crippen LogP contribution in [0, 0.1) is 0 Å². The van der Waals surface area contributed by atoms with E-state index in [9.17, 15) is 0 Å². The predicted octanol–water partition coefficient (Wildman–Crippen LogP) is 3.34. The minimum absolute atomic E-state index is 0.315. The molecule has 1 N–H and O–H groups in total. The van der Waals surface area contributed by atoms with E-state index in [1.54, 1.807) is 21.3 Å². The van der Waals surface area contributed by atoms with Crippen LogP contribution in [0.3, 0.4) is 0 Å². The third kappa shape index (κ3) is 7.24. The molecule has 0 unspecified atom stereocenters. The van der Waals surface area contributed by atoms with E-state index in [2.05, 4.69) is 15.2 Å². The van der Waals surface area contributed by atoms with Crippen molar-refractivity contribution in [3.63, 3.8) is 0 Å². The standard InChI is InChI=1S/C21H34ClN3O4/c1-5-28-20-18(22)13-16(14-19(20)27-4)15-24-21(23-2)25-9-7-17(8-10-25)29-12-6-11-26-3/h13-14,17H,5-12,15H2,1-4H3,(H,23,24). The molecule has 2 rings (SSSR count). The highest BCUT2D eigenvalue weighted by Crippen LogP contribution is 2.36. The number of rotatable bonds is 10. The number of methoxy groups -OCH3 is 2. The molecule has 0 atom stereocenters. The van der Waals surface area contributed by atoms with Crippen LogP contribution in [0.15, 0.2) is 17.1 Å². The first-order valence-electron chi connectivity index (χ1n) is 10.2. The lowest BCUT2D eigenvalue weighted by Crippen LogP contribution is -2.46. The van der Waals surface area contributed by atoms with Crippen LogP contribution < -0.4 is 14.8 Å². The maximum absolute atomic E-state index is 6.37. The summed E-state index contributed by atoms with van der Waals surface area (Å²) in [7, 11) is 5.14. The molecule has 164 valence electrons. The number of aliphatic imine (C=N–C) groups is 1. The van der Waals surface area contributed by atoms with Gasteiger partial charge < -0.3 is 29.2 Å². The molecule has 0 radical (unpaired) electrons. The minimum atomic E-state index is 0.315. The Balaban J connectivity index is 1.86. The molecule has 0 aromatic heterocycles. The number of benzene rings is 1. The number of nitrogens with one attached hydrogen (secondary N) is 1. The molecule has 1 saturated heterocycles. The molecule has 29 heavy (non-hydrogen) atoms. The Morgan fingerprint density at radius 1 is 1.24 bits per heavy atom. The second kappa shape index (κ2) is 12.8. The highest BCUT2D eigenvalue weighted by Gasteiger charge is 2.22. The summed E-state index contributed by atoms with van der Waals surface area (Å²) in [6, 6.07) is 3.84. The summed E-state index contributed by atoms with van der Waals surface area (Å²) in [6.45, 7) is 6.39. The molecule has 1 aromatic carbocycles. The van der Waals surface area contributed by atoms with Gasteiger partial charge in [0.25, 0.3) is 0 Å². The van der Waals surface area contributed by atoms with Crippen LogP contribution in [-0.4, -0.2) is 71.1 Å². The third-order valence-corrected chi connectivity index (χ3v) is 5.11. The van der Waals surface area contributed by atoms with Gasteiger partial charge in [-0.3, -0.25) is 4.99 Å². The van der Waals surface area contributed by atoms with Gasteiger partial charge in [0.15, 0.2) is 17.5 Å². The van der Waals surface area contributed by atoms with Gasteiger partial charge >= 0.3 is 0 Å². The predicted molar refractivity (Wildman–Crippen MR) is 116 cm³/mol. The average molecular weight is 428 g/mol. The summed E-state index contributed by atoms with van der Waals surface area (Å²) in [4.78, 5) is 6.70. The SMILES string of the molecule is CCOc1c(Cl)cc(CNC(=NC)N2CCC(OCCCOC)CC2)cc1OC. The van der Waals surface area contributed by atoms with Crippen LogP contribution in [0.5, 0.6) is 11.5 Å². The molecule has 1 aliphatic heterocycles. The van der Waals surface area contributed by atoms with Crippen LogP contribution in [0.2, 0.25) is 5.02 Å². The summed E-state index contributed by atoms with van der Waals surface area (Å²) in [5, 5.41) is 3.97. The Bertz CT molecular complexity index is 649. The normalized spacial score (nSPS) is 15.5. The molecule has 1 fully saturated rings. The molecule has 0 saturated carbocycles. The summed E-state index contributed by atoms with van der Waals surface area (Å²) < 4.78 is 22.0. The fraction of sp³-hybridized carbons (Fsp3) is 0.667. The van der Waals surface area contributed by atoms with Gasteiger partial charge in [0.05, 0.1) is 24.8 Å². The molecule has 1 aromatic rings. The van der Waals surface area contributed by atoms with Crippen LogP contribution in [-0.2, 0) is 16.0 Å². The zero-order valence-electron chi connectivity index (χ0n) is 18.0. The Labute approximate surface area is 179 Å². The first-order valence-corrected chi connectivity index (χ1v) is 10.6. The minimum Gasteiger partial charge on any atom is -0.493 e. The number of hydrogen-bond acceptors (Lipinski definition) is 5. The molecule has 0 amide bonds. The average Bonchev–Trinajstić information content (AvgIpc) is 2.74. The first kappa shape index (κ1) is 23.6. The van der Waals surface area contributed by atoms with Crippen molar-refractivity contribution in [2.24, 2.45) is 4.99 Å². The summed E-state index contributed by atoms with van der Waals surface area (Å²) in [5.41, 5.74) is 1.01. The van der Waals surface area contributed by atoms with Gasteiger partial charge in [-0.2, -0.15) is 0 Å². The van der Waals surface area contributed by atoms with E-state index in [4.69, 9.17) is 30.5 Å². The van der Waals surface area contributed by atoms with Crippen molar-refractivity contribution in [3.8, 4) is 11.5 Å². The van der Waals surface area contributed by atoms with Gasteiger partial charge in [0, 0.05) is 47.0 Å². The van der Waals surface area contributed by atoms with Gasteiger partial charge in [0.2, 0.25) is 0 Å². The summed E-state index contributed by atoms with van der Waals surface area (Å²) in [5.74, 6) is 2.10. The molecule has 0 spiro atoms. The molecular weight excluding hydrogens is 394 g/mol. The Morgan fingerprint density at radius 2 is 2.00 bits per heavy atom. The number of halogens is 1. The highest BCUT2D eigenvalue weighted by atomic mass is 35.5. The lowest BCUT2D eigenvalue weighted by atomic mass is 10.1.